The molecule has 1 heterocycles. The van der Waals surface area contributed by atoms with Gasteiger partial charge in [0.05, 0.1) is 23.9 Å². The number of hydrogen-bond acceptors (Lipinski definition) is 4. The first-order valence-corrected chi connectivity index (χ1v) is 6.90. The van der Waals surface area contributed by atoms with E-state index < -0.39 is 0 Å². The van der Waals surface area contributed by atoms with E-state index in [4.69, 9.17) is 10.00 Å². The molecule has 1 fully saturated rings. The minimum absolute atomic E-state index is 0.475. The van der Waals surface area contributed by atoms with Crippen LogP contribution in [0, 0.1) is 11.3 Å². The minimum atomic E-state index is 0.475. The smallest absolute Gasteiger partial charge is 0.321 e. The Balaban J connectivity index is 2.09. The van der Waals surface area contributed by atoms with Gasteiger partial charge in [-0.25, -0.2) is 0 Å². The molecule has 0 radical (unpaired) electrons. The molecular formula is C15H16N4O. The van der Waals surface area contributed by atoms with E-state index in [1.54, 1.807) is 6.33 Å². The van der Waals surface area contributed by atoms with Crippen LogP contribution >= 0.6 is 0 Å². The van der Waals surface area contributed by atoms with Crippen LogP contribution in [0.5, 0.6) is 6.01 Å². The van der Waals surface area contributed by atoms with Crippen LogP contribution in [0.25, 0.3) is 5.69 Å². The van der Waals surface area contributed by atoms with E-state index >= 15 is 0 Å². The van der Waals surface area contributed by atoms with Gasteiger partial charge in [0, 0.05) is 0 Å². The van der Waals surface area contributed by atoms with E-state index in [-0.39, 0.29) is 0 Å². The Bertz CT molecular complexity index is 652. The third-order valence-electron chi connectivity index (χ3n) is 3.75. The number of rotatable bonds is 4. The largest absolute Gasteiger partial charge is 0.464 e. The zero-order valence-corrected chi connectivity index (χ0v) is 11.4. The average molecular weight is 268 g/mol. The molecule has 1 aromatic heterocycles. The first kappa shape index (κ1) is 12.7. The molecule has 0 saturated heterocycles. The molecular weight excluding hydrogens is 252 g/mol. The van der Waals surface area contributed by atoms with E-state index in [9.17, 15) is 0 Å². The maximum atomic E-state index is 9.11. The van der Waals surface area contributed by atoms with Crippen molar-refractivity contribution in [1.82, 2.24) is 14.8 Å². The summed E-state index contributed by atoms with van der Waals surface area (Å²) in [6.07, 6.45) is 5.31. The third-order valence-corrected chi connectivity index (χ3v) is 3.75. The van der Waals surface area contributed by atoms with Gasteiger partial charge in [-0.05, 0) is 43.4 Å². The van der Waals surface area contributed by atoms with Gasteiger partial charge in [-0.2, -0.15) is 5.26 Å². The lowest BCUT2D eigenvalue weighted by molar-refractivity contribution is 0.305. The van der Waals surface area contributed by atoms with Gasteiger partial charge in [0.15, 0.2) is 0 Å². The SMILES string of the molecule is CCOc1nncn1-c1cc(C#N)ccc1C1CCC1. The van der Waals surface area contributed by atoms with Crippen molar-refractivity contribution in [2.24, 2.45) is 0 Å². The highest BCUT2D eigenvalue weighted by molar-refractivity contribution is 5.50. The van der Waals surface area contributed by atoms with Crippen LogP contribution in [-0.4, -0.2) is 21.4 Å². The molecule has 1 saturated carbocycles. The second-order valence-corrected chi connectivity index (χ2v) is 4.93. The van der Waals surface area contributed by atoms with E-state index in [2.05, 4.69) is 16.3 Å². The van der Waals surface area contributed by atoms with Crippen molar-refractivity contribution in [1.29, 1.82) is 5.26 Å². The first-order valence-electron chi connectivity index (χ1n) is 6.90. The fourth-order valence-corrected chi connectivity index (χ4v) is 2.50. The molecule has 1 aromatic carbocycles. The fourth-order valence-electron chi connectivity index (χ4n) is 2.50. The Morgan fingerprint density at radius 2 is 2.30 bits per heavy atom. The molecule has 0 atom stereocenters. The lowest BCUT2D eigenvalue weighted by Gasteiger charge is -2.28. The van der Waals surface area contributed by atoms with Crippen LogP contribution < -0.4 is 4.74 Å². The molecule has 1 aliphatic rings. The van der Waals surface area contributed by atoms with Crippen LogP contribution in [0.15, 0.2) is 24.5 Å². The maximum absolute atomic E-state index is 9.11. The highest BCUT2D eigenvalue weighted by Crippen LogP contribution is 2.39. The second-order valence-electron chi connectivity index (χ2n) is 4.93. The zero-order chi connectivity index (χ0) is 13.9. The van der Waals surface area contributed by atoms with E-state index in [0.717, 1.165) is 5.69 Å². The molecule has 5 heteroatoms. The predicted molar refractivity (Wildman–Crippen MR) is 73.8 cm³/mol. The van der Waals surface area contributed by atoms with Crippen molar-refractivity contribution in [3.05, 3.63) is 35.7 Å². The summed E-state index contributed by atoms with van der Waals surface area (Å²) >= 11 is 0. The van der Waals surface area contributed by atoms with Crippen molar-refractivity contribution in [3.8, 4) is 17.8 Å². The summed E-state index contributed by atoms with van der Waals surface area (Å²) in [6.45, 7) is 2.45. The topological polar surface area (TPSA) is 63.7 Å². The van der Waals surface area contributed by atoms with Gasteiger partial charge in [0.1, 0.15) is 6.33 Å². The van der Waals surface area contributed by atoms with Gasteiger partial charge in [0.25, 0.3) is 0 Å². The normalized spacial score (nSPS) is 14.6. The summed E-state index contributed by atoms with van der Waals surface area (Å²) in [6, 6.07) is 8.48. The number of aromatic nitrogens is 3. The van der Waals surface area contributed by atoms with Crippen LogP contribution in [-0.2, 0) is 0 Å². The van der Waals surface area contributed by atoms with Crippen LogP contribution in [0.1, 0.15) is 43.2 Å². The highest BCUT2D eigenvalue weighted by Gasteiger charge is 2.24. The van der Waals surface area contributed by atoms with Crippen molar-refractivity contribution in [2.45, 2.75) is 32.1 Å². The highest BCUT2D eigenvalue weighted by atomic mass is 16.5. The van der Waals surface area contributed by atoms with Crippen molar-refractivity contribution >= 4 is 0 Å². The molecule has 1 aliphatic carbocycles. The molecule has 3 rings (SSSR count). The average Bonchev–Trinajstić information content (AvgIpc) is 2.86. The molecule has 0 unspecified atom stereocenters. The standard InChI is InChI=1S/C15H16N4O/c1-2-20-15-18-17-10-19(15)14-8-11(9-16)6-7-13(14)12-4-3-5-12/h6-8,10,12H,2-5H2,1H3. The molecule has 102 valence electrons. The summed E-state index contributed by atoms with van der Waals surface area (Å²) < 4.78 is 7.33. The van der Waals surface area contributed by atoms with Crippen molar-refractivity contribution < 1.29 is 4.74 Å². The Hall–Kier alpha value is -2.35. The number of hydrogen-bond donors (Lipinski definition) is 0. The minimum Gasteiger partial charge on any atom is -0.464 e. The molecule has 20 heavy (non-hydrogen) atoms. The van der Waals surface area contributed by atoms with Gasteiger partial charge in [-0.1, -0.05) is 17.6 Å². The molecule has 0 bridgehead atoms. The van der Waals surface area contributed by atoms with E-state index in [1.807, 2.05) is 29.7 Å². The van der Waals surface area contributed by atoms with Gasteiger partial charge in [-0.3, -0.25) is 4.57 Å². The lowest BCUT2D eigenvalue weighted by atomic mass is 9.79. The third kappa shape index (κ3) is 2.14. The summed E-state index contributed by atoms with van der Waals surface area (Å²) in [4.78, 5) is 0. The van der Waals surface area contributed by atoms with Crippen LogP contribution in [0.4, 0.5) is 0 Å². The van der Waals surface area contributed by atoms with Gasteiger partial charge in [0.2, 0.25) is 0 Å². The first-order chi connectivity index (χ1) is 9.83. The summed E-state index contributed by atoms with van der Waals surface area (Å²) in [5.74, 6) is 0.564. The summed E-state index contributed by atoms with van der Waals surface area (Å²) in [7, 11) is 0. The maximum Gasteiger partial charge on any atom is 0.321 e. The molecule has 0 aliphatic heterocycles. The van der Waals surface area contributed by atoms with Gasteiger partial charge in [-0.15, -0.1) is 5.10 Å². The fraction of sp³-hybridized carbons (Fsp3) is 0.400. The zero-order valence-electron chi connectivity index (χ0n) is 11.4. The number of nitriles is 1. The quantitative estimate of drug-likeness (QED) is 0.855. The predicted octanol–water partition coefficient (Wildman–Crippen LogP) is 2.81. The monoisotopic (exact) mass is 268 g/mol. The Morgan fingerprint density at radius 1 is 1.45 bits per heavy atom. The van der Waals surface area contributed by atoms with Crippen molar-refractivity contribution in [2.75, 3.05) is 6.61 Å². The van der Waals surface area contributed by atoms with Crippen LogP contribution in [0.3, 0.4) is 0 Å². The number of benzene rings is 1. The summed E-state index contributed by atoms with van der Waals surface area (Å²) in [5.41, 5.74) is 2.84. The molecule has 0 spiro atoms. The summed E-state index contributed by atoms with van der Waals surface area (Å²) in [5, 5.41) is 17.0. The van der Waals surface area contributed by atoms with Gasteiger partial charge >= 0.3 is 6.01 Å². The van der Waals surface area contributed by atoms with Gasteiger partial charge < -0.3 is 4.74 Å². The Morgan fingerprint density at radius 3 is 2.95 bits per heavy atom. The Labute approximate surface area is 117 Å². The Kier molecular flexibility index (Phi) is 3.38. The van der Waals surface area contributed by atoms with E-state index in [0.29, 0.717) is 24.1 Å². The second kappa shape index (κ2) is 5.33. The number of ether oxygens (including phenoxy) is 1. The van der Waals surface area contributed by atoms with Crippen molar-refractivity contribution in [3.63, 3.8) is 0 Å². The molecule has 5 nitrogen and oxygen atoms in total. The van der Waals surface area contributed by atoms with Crippen LogP contribution in [0.2, 0.25) is 0 Å². The molecule has 0 N–H and O–H groups in total. The van der Waals surface area contributed by atoms with E-state index in [1.165, 1.54) is 24.8 Å². The lowest BCUT2D eigenvalue weighted by Crippen LogP contribution is -2.13. The number of nitrogens with zero attached hydrogens (tertiary/aromatic N) is 4. The molecule has 2 aromatic rings. The molecule has 0 amide bonds.